The smallest absolute Gasteiger partial charge is 0.156 e. The largest absolute Gasteiger partial charge is 0.339 e. The molecule has 0 saturated heterocycles. The van der Waals surface area contributed by atoms with Crippen LogP contribution in [-0.4, -0.2) is 16.3 Å². The predicted octanol–water partition coefficient (Wildman–Crippen LogP) is 3.59. The van der Waals surface area contributed by atoms with Crippen molar-refractivity contribution >= 4 is 45.3 Å². The SMILES string of the molecule is O=Cc1c(Cl)ncnc1Nc1ccc(F)c(Br)c1. The van der Waals surface area contributed by atoms with E-state index in [0.29, 0.717) is 16.4 Å². The first-order valence-corrected chi connectivity index (χ1v) is 5.96. The number of anilines is 2. The molecule has 0 saturated carbocycles. The predicted molar refractivity (Wildman–Crippen MR) is 69.8 cm³/mol. The minimum absolute atomic E-state index is 0.0590. The molecule has 0 aliphatic rings. The number of carbonyl (C=O) groups excluding carboxylic acids is 1. The molecular formula is C11H6BrClFN3O. The van der Waals surface area contributed by atoms with E-state index in [2.05, 4.69) is 31.2 Å². The van der Waals surface area contributed by atoms with Crippen LogP contribution in [0.5, 0.6) is 0 Å². The molecule has 0 radical (unpaired) electrons. The average Bonchev–Trinajstić information content (AvgIpc) is 2.34. The van der Waals surface area contributed by atoms with Crippen LogP contribution in [0, 0.1) is 5.82 Å². The number of hydrogen-bond donors (Lipinski definition) is 1. The number of aromatic nitrogens is 2. The highest BCUT2D eigenvalue weighted by Gasteiger charge is 2.09. The third-order valence-corrected chi connectivity index (χ3v) is 3.04. The van der Waals surface area contributed by atoms with Crippen molar-refractivity contribution < 1.29 is 9.18 Å². The van der Waals surface area contributed by atoms with Crippen molar-refractivity contribution in [2.24, 2.45) is 0 Å². The maximum Gasteiger partial charge on any atom is 0.156 e. The Labute approximate surface area is 115 Å². The molecule has 92 valence electrons. The van der Waals surface area contributed by atoms with Gasteiger partial charge < -0.3 is 5.32 Å². The quantitative estimate of drug-likeness (QED) is 0.690. The van der Waals surface area contributed by atoms with E-state index in [-0.39, 0.29) is 22.4 Å². The van der Waals surface area contributed by atoms with E-state index >= 15 is 0 Å². The topological polar surface area (TPSA) is 54.9 Å². The van der Waals surface area contributed by atoms with Gasteiger partial charge in [0.05, 0.1) is 10.0 Å². The van der Waals surface area contributed by atoms with Crippen molar-refractivity contribution in [1.29, 1.82) is 0 Å². The summed E-state index contributed by atoms with van der Waals surface area (Å²) in [7, 11) is 0. The number of hydrogen-bond acceptors (Lipinski definition) is 4. The number of nitrogens with one attached hydrogen (secondary N) is 1. The number of rotatable bonds is 3. The Bertz CT molecular complexity index is 609. The number of carbonyl (C=O) groups is 1. The minimum atomic E-state index is -0.378. The summed E-state index contributed by atoms with van der Waals surface area (Å²) in [4.78, 5) is 18.5. The van der Waals surface area contributed by atoms with Gasteiger partial charge in [-0.05, 0) is 34.1 Å². The molecule has 1 heterocycles. The Kier molecular flexibility index (Phi) is 3.88. The highest BCUT2D eigenvalue weighted by Crippen LogP contribution is 2.25. The highest BCUT2D eigenvalue weighted by molar-refractivity contribution is 9.10. The lowest BCUT2D eigenvalue weighted by Gasteiger charge is -2.08. The normalized spacial score (nSPS) is 10.2. The first-order valence-electron chi connectivity index (χ1n) is 4.79. The molecule has 1 N–H and O–H groups in total. The lowest BCUT2D eigenvalue weighted by atomic mass is 10.3. The van der Waals surface area contributed by atoms with Gasteiger partial charge in [-0.3, -0.25) is 4.79 Å². The summed E-state index contributed by atoms with van der Waals surface area (Å²) in [5, 5.41) is 2.93. The number of nitrogens with zero attached hydrogens (tertiary/aromatic N) is 2. The summed E-state index contributed by atoms with van der Waals surface area (Å²) in [5.41, 5.74) is 0.723. The maximum atomic E-state index is 13.1. The van der Waals surface area contributed by atoms with Gasteiger partial charge in [0.1, 0.15) is 23.1 Å². The molecular weight excluding hydrogens is 324 g/mol. The monoisotopic (exact) mass is 329 g/mol. The zero-order valence-corrected chi connectivity index (χ0v) is 11.2. The molecule has 1 aromatic carbocycles. The molecule has 2 rings (SSSR count). The molecule has 1 aromatic heterocycles. The van der Waals surface area contributed by atoms with Crippen LogP contribution in [0.15, 0.2) is 29.0 Å². The second-order valence-electron chi connectivity index (χ2n) is 3.30. The summed E-state index contributed by atoms with van der Waals surface area (Å²) in [5.74, 6) is -0.111. The molecule has 0 aliphatic carbocycles. The van der Waals surface area contributed by atoms with Crippen LogP contribution in [0.3, 0.4) is 0 Å². The van der Waals surface area contributed by atoms with Gasteiger partial charge in [0.15, 0.2) is 6.29 Å². The van der Waals surface area contributed by atoms with E-state index in [1.807, 2.05) is 0 Å². The van der Waals surface area contributed by atoms with Gasteiger partial charge in [-0.2, -0.15) is 0 Å². The summed E-state index contributed by atoms with van der Waals surface area (Å²) < 4.78 is 13.4. The standard InChI is InChI=1S/C11H6BrClFN3O/c12-8-3-6(1-2-9(8)14)17-11-7(4-18)10(13)15-5-16-11/h1-5H,(H,15,16,17). The van der Waals surface area contributed by atoms with Gasteiger partial charge in [-0.15, -0.1) is 0 Å². The second kappa shape index (κ2) is 5.41. The molecule has 0 fully saturated rings. The fourth-order valence-electron chi connectivity index (χ4n) is 1.29. The molecule has 0 amide bonds. The second-order valence-corrected chi connectivity index (χ2v) is 4.51. The summed E-state index contributed by atoms with van der Waals surface area (Å²) in [6.45, 7) is 0. The molecule has 2 aromatic rings. The van der Waals surface area contributed by atoms with E-state index in [1.54, 1.807) is 0 Å². The van der Waals surface area contributed by atoms with Gasteiger partial charge in [-0.25, -0.2) is 14.4 Å². The number of benzene rings is 1. The van der Waals surface area contributed by atoms with E-state index in [1.165, 1.54) is 24.5 Å². The third-order valence-electron chi connectivity index (χ3n) is 2.14. The molecule has 7 heteroatoms. The van der Waals surface area contributed by atoms with Crippen LogP contribution < -0.4 is 5.32 Å². The molecule has 0 spiro atoms. The van der Waals surface area contributed by atoms with Crippen LogP contribution in [0.2, 0.25) is 5.15 Å². The lowest BCUT2D eigenvalue weighted by Crippen LogP contribution is -2.00. The van der Waals surface area contributed by atoms with Crippen LogP contribution in [-0.2, 0) is 0 Å². The van der Waals surface area contributed by atoms with Crippen molar-refractivity contribution in [2.75, 3.05) is 5.32 Å². The van der Waals surface area contributed by atoms with E-state index in [9.17, 15) is 9.18 Å². The van der Waals surface area contributed by atoms with Crippen molar-refractivity contribution in [2.45, 2.75) is 0 Å². The average molecular weight is 331 g/mol. The van der Waals surface area contributed by atoms with Crippen LogP contribution in [0.1, 0.15) is 10.4 Å². The number of halogens is 3. The fraction of sp³-hybridized carbons (Fsp3) is 0. The molecule has 0 atom stereocenters. The Morgan fingerprint density at radius 1 is 1.39 bits per heavy atom. The Morgan fingerprint density at radius 3 is 2.83 bits per heavy atom. The van der Waals surface area contributed by atoms with Gasteiger partial charge in [0, 0.05) is 5.69 Å². The first kappa shape index (κ1) is 12.9. The van der Waals surface area contributed by atoms with Crippen LogP contribution in [0.25, 0.3) is 0 Å². The summed E-state index contributed by atoms with van der Waals surface area (Å²) in [6, 6.07) is 4.33. The maximum absolute atomic E-state index is 13.1. The summed E-state index contributed by atoms with van der Waals surface area (Å²) >= 11 is 8.83. The van der Waals surface area contributed by atoms with Gasteiger partial charge in [-0.1, -0.05) is 11.6 Å². The van der Waals surface area contributed by atoms with Crippen molar-refractivity contribution in [3.8, 4) is 0 Å². The first-order chi connectivity index (χ1) is 8.61. The molecule has 0 aliphatic heterocycles. The zero-order valence-electron chi connectivity index (χ0n) is 8.82. The zero-order chi connectivity index (χ0) is 13.1. The highest BCUT2D eigenvalue weighted by atomic mass is 79.9. The lowest BCUT2D eigenvalue weighted by molar-refractivity contribution is 0.112. The molecule has 18 heavy (non-hydrogen) atoms. The van der Waals surface area contributed by atoms with Crippen LogP contribution >= 0.6 is 27.5 Å². The Balaban J connectivity index is 2.36. The molecule has 0 unspecified atom stereocenters. The van der Waals surface area contributed by atoms with Crippen molar-refractivity contribution in [3.05, 3.63) is 45.5 Å². The Hall–Kier alpha value is -1.53. The van der Waals surface area contributed by atoms with Gasteiger partial charge in [0.2, 0.25) is 0 Å². The number of aldehydes is 1. The van der Waals surface area contributed by atoms with Gasteiger partial charge >= 0.3 is 0 Å². The minimum Gasteiger partial charge on any atom is -0.339 e. The van der Waals surface area contributed by atoms with E-state index < -0.39 is 0 Å². The molecule has 4 nitrogen and oxygen atoms in total. The Morgan fingerprint density at radius 2 is 2.17 bits per heavy atom. The van der Waals surface area contributed by atoms with E-state index in [0.717, 1.165) is 0 Å². The van der Waals surface area contributed by atoms with Crippen molar-refractivity contribution in [3.63, 3.8) is 0 Å². The van der Waals surface area contributed by atoms with E-state index in [4.69, 9.17) is 11.6 Å². The summed E-state index contributed by atoms with van der Waals surface area (Å²) in [6.07, 6.45) is 1.79. The third kappa shape index (κ3) is 2.65. The fourth-order valence-corrected chi connectivity index (χ4v) is 1.85. The molecule has 0 bridgehead atoms. The van der Waals surface area contributed by atoms with Crippen LogP contribution in [0.4, 0.5) is 15.9 Å². The van der Waals surface area contributed by atoms with Crippen molar-refractivity contribution in [1.82, 2.24) is 9.97 Å². The van der Waals surface area contributed by atoms with Gasteiger partial charge in [0.25, 0.3) is 0 Å².